The fourth-order valence-corrected chi connectivity index (χ4v) is 8.89. The molecule has 7 atom stereocenters. The molecule has 0 aromatic heterocycles. The number of aliphatic hydroxyl groups is 1. The molecule has 1 aromatic rings. The van der Waals surface area contributed by atoms with Crippen molar-refractivity contribution in [1.82, 2.24) is 5.32 Å². The maximum Gasteiger partial charge on any atom is 0.219 e. The van der Waals surface area contributed by atoms with Crippen molar-refractivity contribution in [2.24, 2.45) is 23.2 Å². The number of phenolic OH excluding ortho intramolecular Hbond substituents is 1. The summed E-state index contributed by atoms with van der Waals surface area (Å²) in [5, 5.41) is 23.9. The van der Waals surface area contributed by atoms with Gasteiger partial charge >= 0.3 is 0 Å². The SMILES string of the molecule is CNC(=O)CCCCCCCCCC[C@@H]1Cc2cc(O)ccc2C2CC[C@@]3(C)C(C[C@@H](Br)[C@H]3O)C21. The molecule has 3 aliphatic rings. The third-order valence-corrected chi connectivity index (χ3v) is 10.7. The molecule has 0 radical (unpaired) electrons. The van der Waals surface area contributed by atoms with Crippen LogP contribution in [0.1, 0.15) is 107 Å². The van der Waals surface area contributed by atoms with E-state index in [0.29, 0.717) is 35.8 Å². The second kappa shape index (κ2) is 12.0. The molecular formula is C30H46BrNO3. The number of amides is 1. The first-order chi connectivity index (χ1) is 16.8. The number of hydrogen-bond acceptors (Lipinski definition) is 3. The highest BCUT2D eigenvalue weighted by Gasteiger charge is 2.59. The van der Waals surface area contributed by atoms with Gasteiger partial charge in [0, 0.05) is 18.3 Å². The van der Waals surface area contributed by atoms with Gasteiger partial charge in [-0.15, -0.1) is 0 Å². The Morgan fingerprint density at radius 1 is 1.11 bits per heavy atom. The monoisotopic (exact) mass is 547 g/mol. The lowest BCUT2D eigenvalue weighted by Crippen LogP contribution is -2.47. The lowest BCUT2D eigenvalue weighted by molar-refractivity contribution is -0.120. The summed E-state index contributed by atoms with van der Waals surface area (Å²) in [5.41, 5.74) is 2.86. The van der Waals surface area contributed by atoms with Gasteiger partial charge in [-0.3, -0.25) is 4.79 Å². The predicted octanol–water partition coefficient (Wildman–Crippen LogP) is 6.86. The van der Waals surface area contributed by atoms with Gasteiger partial charge in [-0.05, 0) is 90.9 Å². The van der Waals surface area contributed by atoms with Gasteiger partial charge in [0.25, 0.3) is 0 Å². The molecule has 3 unspecified atom stereocenters. The lowest BCUT2D eigenvalue weighted by Gasteiger charge is -2.53. The zero-order valence-electron chi connectivity index (χ0n) is 21.8. The zero-order chi connectivity index (χ0) is 25.0. The summed E-state index contributed by atoms with van der Waals surface area (Å²) in [6.07, 6.45) is 15.9. The molecule has 0 saturated heterocycles. The number of nitrogens with one attached hydrogen (secondary N) is 1. The van der Waals surface area contributed by atoms with Gasteiger partial charge in [-0.25, -0.2) is 0 Å². The molecule has 2 fully saturated rings. The number of phenols is 1. The van der Waals surface area contributed by atoms with Gasteiger partial charge in [-0.2, -0.15) is 0 Å². The van der Waals surface area contributed by atoms with Crippen molar-refractivity contribution in [3.8, 4) is 5.75 Å². The third kappa shape index (κ3) is 5.92. The van der Waals surface area contributed by atoms with Crippen LogP contribution in [0, 0.1) is 23.2 Å². The number of benzene rings is 1. The number of carbonyl (C=O) groups excluding carboxylic acids is 1. The Hall–Kier alpha value is -1.07. The van der Waals surface area contributed by atoms with Gasteiger partial charge in [0.1, 0.15) is 5.75 Å². The van der Waals surface area contributed by atoms with Crippen LogP contribution in [-0.4, -0.2) is 34.1 Å². The van der Waals surface area contributed by atoms with E-state index in [1.54, 1.807) is 7.05 Å². The first kappa shape index (κ1) is 27.0. The molecule has 1 aromatic carbocycles. The lowest BCUT2D eigenvalue weighted by atomic mass is 9.52. The summed E-state index contributed by atoms with van der Waals surface area (Å²) in [7, 11) is 1.71. The second-order valence-electron chi connectivity index (χ2n) is 11.9. The highest BCUT2D eigenvalue weighted by Crippen LogP contribution is 2.63. The summed E-state index contributed by atoms with van der Waals surface area (Å²) in [6.45, 7) is 2.35. The summed E-state index contributed by atoms with van der Waals surface area (Å²) in [4.78, 5) is 11.5. The minimum Gasteiger partial charge on any atom is -0.508 e. The van der Waals surface area contributed by atoms with E-state index in [-0.39, 0.29) is 22.3 Å². The Morgan fingerprint density at radius 2 is 1.80 bits per heavy atom. The predicted molar refractivity (Wildman–Crippen MR) is 146 cm³/mol. The molecule has 2 saturated carbocycles. The quantitative estimate of drug-likeness (QED) is 0.209. The molecule has 0 bridgehead atoms. The number of alkyl halides is 1. The molecule has 35 heavy (non-hydrogen) atoms. The van der Waals surface area contributed by atoms with E-state index in [9.17, 15) is 15.0 Å². The van der Waals surface area contributed by atoms with E-state index < -0.39 is 0 Å². The summed E-state index contributed by atoms with van der Waals surface area (Å²) < 4.78 is 0. The number of fused-ring (bicyclic) bond motifs is 5. The fraction of sp³-hybridized carbons (Fsp3) is 0.767. The van der Waals surface area contributed by atoms with Crippen molar-refractivity contribution in [3.05, 3.63) is 29.3 Å². The van der Waals surface area contributed by atoms with Crippen LogP contribution in [0.15, 0.2) is 18.2 Å². The average Bonchev–Trinajstić information content (AvgIpc) is 3.08. The van der Waals surface area contributed by atoms with E-state index in [2.05, 4.69) is 34.2 Å². The molecule has 4 nitrogen and oxygen atoms in total. The van der Waals surface area contributed by atoms with Gasteiger partial charge in [0.05, 0.1) is 6.10 Å². The van der Waals surface area contributed by atoms with Gasteiger partial charge in [0.2, 0.25) is 5.91 Å². The van der Waals surface area contributed by atoms with Crippen LogP contribution in [0.2, 0.25) is 0 Å². The van der Waals surface area contributed by atoms with Gasteiger partial charge < -0.3 is 15.5 Å². The second-order valence-corrected chi connectivity index (χ2v) is 13.1. The summed E-state index contributed by atoms with van der Waals surface area (Å²) >= 11 is 3.82. The normalized spacial score (nSPS) is 33.6. The van der Waals surface area contributed by atoms with Crippen LogP contribution in [0.5, 0.6) is 5.75 Å². The number of aliphatic hydroxyl groups excluding tert-OH is 1. The number of unbranched alkanes of at least 4 members (excludes halogenated alkanes) is 7. The van der Waals surface area contributed by atoms with Crippen molar-refractivity contribution < 1.29 is 15.0 Å². The molecule has 3 aliphatic carbocycles. The highest BCUT2D eigenvalue weighted by molar-refractivity contribution is 9.09. The Morgan fingerprint density at radius 3 is 2.51 bits per heavy atom. The van der Waals surface area contributed by atoms with Crippen LogP contribution in [0.4, 0.5) is 0 Å². The number of rotatable bonds is 11. The number of aromatic hydroxyl groups is 1. The van der Waals surface area contributed by atoms with E-state index in [0.717, 1.165) is 38.5 Å². The summed E-state index contributed by atoms with van der Waals surface area (Å²) in [5.74, 6) is 2.99. The molecule has 3 N–H and O–H groups in total. The molecular weight excluding hydrogens is 502 g/mol. The molecule has 1 amide bonds. The Balaban J connectivity index is 1.31. The topological polar surface area (TPSA) is 69.6 Å². The third-order valence-electron chi connectivity index (χ3n) is 9.83. The maximum absolute atomic E-state index is 11.3. The van der Waals surface area contributed by atoms with Crippen LogP contribution in [0.3, 0.4) is 0 Å². The van der Waals surface area contributed by atoms with E-state index in [1.807, 2.05) is 12.1 Å². The zero-order valence-corrected chi connectivity index (χ0v) is 23.4. The minimum atomic E-state index is -0.244. The molecule has 0 aliphatic heterocycles. The Kier molecular flexibility index (Phi) is 9.24. The minimum absolute atomic E-state index is 0.0276. The smallest absolute Gasteiger partial charge is 0.219 e. The highest BCUT2D eigenvalue weighted by atomic mass is 79.9. The van der Waals surface area contributed by atoms with Crippen LogP contribution >= 0.6 is 15.9 Å². The van der Waals surface area contributed by atoms with Crippen molar-refractivity contribution >= 4 is 21.8 Å². The van der Waals surface area contributed by atoms with Gasteiger partial charge in [0.15, 0.2) is 0 Å². The standard InChI is InChI=1S/C30H46BrNO3/c1-30-16-15-24-23-14-13-22(33)18-21(23)17-20(28(24)25(30)19-26(31)29(30)35)11-9-7-5-3-4-6-8-10-12-27(34)32-2/h13-14,18,20,24-26,28-29,33,35H,3-12,15-17,19H2,1-2H3,(H,32,34)/t20-,24?,25?,26-,28?,29-,30+/m1/s1. The number of halogens is 1. The number of hydrogen-bond donors (Lipinski definition) is 3. The molecule has 0 heterocycles. The first-order valence-corrected chi connectivity index (χ1v) is 15.1. The van der Waals surface area contributed by atoms with Crippen molar-refractivity contribution in [2.75, 3.05) is 7.05 Å². The van der Waals surface area contributed by atoms with E-state index in [1.165, 1.54) is 56.1 Å². The Labute approximate surface area is 220 Å². The van der Waals surface area contributed by atoms with Crippen LogP contribution in [0.25, 0.3) is 0 Å². The van der Waals surface area contributed by atoms with Crippen molar-refractivity contribution in [1.29, 1.82) is 0 Å². The Bertz CT molecular complexity index is 860. The van der Waals surface area contributed by atoms with Gasteiger partial charge in [-0.1, -0.05) is 73.9 Å². The molecule has 0 spiro atoms. The van der Waals surface area contributed by atoms with Crippen LogP contribution < -0.4 is 5.32 Å². The van der Waals surface area contributed by atoms with Crippen molar-refractivity contribution in [3.63, 3.8) is 0 Å². The molecule has 196 valence electrons. The van der Waals surface area contributed by atoms with Crippen molar-refractivity contribution in [2.45, 2.75) is 114 Å². The van der Waals surface area contributed by atoms with E-state index in [4.69, 9.17) is 0 Å². The largest absolute Gasteiger partial charge is 0.508 e. The molecule has 5 heteroatoms. The maximum atomic E-state index is 11.3. The first-order valence-electron chi connectivity index (χ1n) is 14.2. The van der Waals surface area contributed by atoms with Crippen LogP contribution in [-0.2, 0) is 11.2 Å². The fourth-order valence-electron chi connectivity index (χ4n) is 7.88. The number of carbonyl (C=O) groups is 1. The molecule has 4 rings (SSSR count). The van der Waals surface area contributed by atoms with E-state index >= 15 is 0 Å². The average molecular weight is 549 g/mol. The summed E-state index contributed by atoms with van der Waals surface area (Å²) in [6, 6.07) is 6.08.